The van der Waals surface area contributed by atoms with Crippen LogP contribution in [0.1, 0.15) is 82.7 Å². The lowest BCUT2D eigenvalue weighted by molar-refractivity contribution is -0.140. The number of aromatic amines is 2. The third-order valence-corrected chi connectivity index (χ3v) is 12.9. The Labute approximate surface area is 359 Å². The van der Waals surface area contributed by atoms with Gasteiger partial charge in [0.25, 0.3) is 0 Å². The SMILES string of the molecule is COC(=O)NC(C(=O)N1[C@@H](C)CC[C@H]1c1ncc(-c2ccc3c(c2)COc2cc4c(ccc5nc([C@@H]6CC[C@H](C)N6C(=O)[C@@H](NC(=O)OC)[C@@H](C)OC)[nH]c54)cc2-3)[nH]1)[C@@H](C)OC. The average molecular weight is 851 g/mol. The summed E-state index contributed by atoms with van der Waals surface area (Å²) < 4.78 is 27.0. The summed E-state index contributed by atoms with van der Waals surface area (Å²) in [5.74, 6) is 1.57. The molecule has 17 nitrogen and oxygen atoms in total. The van der Waals surface area contributed by atoms with Crippen LogP contribution in [0, 0.1) is 0 Å². The Kier molecular flexibility index (Phi) is 11.8. The smallest absolute Gasteiger partial charge is 0.407 e. The van der Waals surface area contributed by atoms with E-state index >= 15 is 0 Å². The first-order valence-corrected chi connectivity index (χ1v) is 21.0. The number of aromatic nitrogens is 4. The molecule has 1 unspecified atom stereocenters. The summed E-state index contributed by atoms with van der Waals surface area (Å²) in [7, 11) is 5.52. The van der Waals surface area contributed by atoms with E-state index in [0.717, 1.165) is 68.3 Å². The lowest BCUT2D eigenvalue weighted by atomic mass is 9.92. The Balaban J connectivity index is 1.04. The van der Waals surface area contributed by atoms with Gasteiger partial charge in [-0.1, -0.05) is 18.2 Å². The molecule has 62 heavy (non-hydrogen) atoms. The highest BCUT2D eigenvalue weighted by Gasteiger charge is 2.44. The van der Waals surface area contributed by atoms with Crippen molar-refractivity contribution in [1.82, 2.24) is 40.4 Å². The molecule has 0 bridgehead atoms. The summed E-state index contributed by atoms with van der Waals surface area (Å²) >= 11 is 0. The predicted molar refractivity (Wildman–Crippen MR) is 229 cm³/mol. The number of H-pyrrole nitrogens is 2. The van der Waals surface area contributed by atoms with E-state index in [1.807, 2.05) is 19.9 Å². The molecule has 3 aliphatic rings. The molecule has 3 aliphatic heterocycles. The number of alkyl carbamates (subject to hydrolysis) is 2. The molecule has 2 saturated heterocycles. The van der Waals surface area contributed by atoms with Gasteiger partial charge in [0.1, 0.15) is 36.1 Å². The summed E-state index contributed by atoms with van der Waals surface area (Å²) in [5, 5.41) is 7.26. The minimum Gasteiger partial charge on any atom is -0.488 e. The Hall–Kier alpha value is -6.20. The molecule has 8 atom stereocenters. The van der Waals surface area contributed by atoms with Gasteiger partial charge in [0.15, 0.2) is 0 Å². The fourth-order valence-electron chi connectivity index (χ4n) is 9.26. The van der Waals surface area contributed by atoms with E-state index in [2.05, 4.69) is 57.0 Å². The monoisotopic (exact) mass is 850 g/mol. The molecule has 0 radical (unpaired) electrons. The zero-order chi connectivity index (χ0) is 44.0. The quantitative estimate of drug-likeness (QED) is 0.116. The number of methoxy groups -OCH3 is 4. The lowest BCUT2D eigenvalue weighted by Gasteiger charge is -2.33. The van der Waals surface area contributed by atoms with Crippen molar-refractivity contribution in [2.45, 2.75) is 108 Å². The van der Waals surface area contributed by atoms with Crippen LogP contribution in [0.3, 0.4) is 0 Å². The number of ether oxygens (including phenoxy) is 5. The molecule has 328 valence electrons. The molecule has 5 aromatic rings. The maximum Gasteiger partial charge on any atom is 0.407 e. The highest BCUT2D eigenvalue weighted by molar-refractivity contribution is 6.07. The van der Waals surface area contributed by atoms with Crippen molar-refractivity contribution in [3.05, 3.63) is 65.9 Å². The van der Waals surface area contributed by atoms with E-state index in [0.29, 0.717) is 31.1 Å². The Morgan fingerprint density at radius 3 is 1.97 bits per heavy atom. The van der Waals surface area contributed by atoms with Crippen molar-refractivity contribution in [2.24, 2.45) is 0 Å². The first-order chi connectivity index (χ1) is 29.8. The van der Waals surface area contributed by atoms with Crippen LogP contribution in [0.5, 0.6) is 5.75 Å². The van der Waals surface area contributed by atoms with Gasteiger partial charge in [0.05, 0.1) is 61.4 Å². The first-order valence-electron chi connectivity index (χ1n) is 21.0. The molecule has 0 aliphatic carbocycles. The van der Waals surface area contributed by atoms with Crippen molar-refractivity contribution in [3.8, 4) is 28.1 Å². The number of rotatable bonds is 11. The van der Waals surface area contributed by atoms with Crippen LogP contribution < -0.4 is 15.4 Å². The molecule has 3 aromatic carbocycles. The zero-order valence-corrected chi connectivity index (χ0v) is 36.2. The number of imidazole rings is 2. The number of benzene rings is 3. The zero-order valence-electron chi connectivity index (χ0n) is 36.2. The summed E-state index contributed by atoms with van der Waals surface area (Å²) in [4.78, 5) is 72.7. The van der Waals surface area contributed by atoms with Gasteiger partial charge in [-0.05, 0) is 99.7 Å². The van der Waals surface area contributed by atoms with E-state index in [4.69, 9.17) is 33.7 Å². The number of nitrogens with one attached hydrogen (secondary N) is 4. The second kappa shape index (κ2) is 17.3. The number of amides is 4. The summed E-state index contributed by atoms with van der Waals surface area (Å²) in [5.41, 5.74) is 6.43. The number of likely N-dealkylation sites (tertiary alicyclic amines) is 2. The Morgan fingerprint density at radius 2 is 1.37 bits per heavy atom. The van der Waals surface area contributed by atoms with Gasteiger partial charge in [0, 0.05) is 37.3 Å². The normalized spacial score (nSPS) is 21.4. The Morgan fingerprint density at radius 1 is 0.758 bits per heavy atom. The molecule has 4 amide bonds. The van der Waals surface area contributed by atoms with Crippen molar-refractivity contribution in [3.63, 3.8) is 0 Å². The molecule has 17 heteroatoms. The van der Waals surface area contributed by atoms with Crippen molar-refractivity contribution in [2.75, 3.05) is 28.4 Å². The van der Waals surface area contributed by atoms with E-state index < -0.39 is 36.5 Å². The van der Waals surface area contributed by atoms with Gasteiger partial charge >= 0.3 is 12.2 Å². The van der Waals surface area contributed by atoms with Gasteiger partial charge in [-0.25, -0.2) is 19.6 Å². The van der Waals surface area contributed by atoms with Crippen LogP contribution in [0.25, 0.3) is 44.2 Å². The van der Waals surface area contributed by atoms with E-state index in [1.165, 1.54) is 28.4 Å². The van der Waals surface area contributed by atoms with Crippen molar-refractivity contribution < 1.29 is 42.9 Å². The minimum atomic E-state index is -0.938. The molecule has 2 aromatic heterocycles. The van der Waals surface area contributed by atoms with Crippen LogP contribution in [-0.4, -0.2) is 119 Å². The maximum absolute atomic E-state index is 14.0. The van der Waals surface area contributed by atoms with Gasteiger partial charge in [0.2, 0.25) is 11.8 Å². The van der Waals surface area contributed by atoms with Gasteiger partial charge < -0.3 is 54.1 Å². The maximum atomic E-state index is 14.0. The molecule has 0 spiro atoms. The molecule has 8 rings (SSSR count). The van der Waals surface area contributed by atoms with Crippen LogP contribution in [0.4, 0.5) is 9.59 Å². The van der Waals surface area contributed by atoms with Crippen LogP contribution in [0.15, 0.2) is 48.7 Å². The molecule has 2 fully saturated rings. The summed E-state index contributed by atoms with van der Waals surface area (Å²) in [6, 6.07) is 11.8. The highest BCUT2D eigenvalue weighted by atomic mass is 16.5. The first kappa shape index (κ1) is 42.5. The third-order valence-electron chi connectivity index (χ3n) is 12.9. The second-order valence-corrected chi connectivity index (χ2v) is 16.5. The molecule has 0 saturated carbocycles. The standard InChI is InChI=1S/C45H54N8O9/c1-22-9-15-34(52(22)42(54)37(24(3)58-5)50-44(56)60-7)40-46-20-33(48-40)27-11-13-29-28(17-27)21-62-36-19-30-26(18-31(29)36)12-14-32-39(30)49-41(47-32)35-16-10-23(2)53(35)43(55)38(25(4)59-6)51-45(57)61-8/h11-14,17-20,22-25,34-35,37-38H,9-10,15-16,21H2,1-8H3,(H,46,48)(H,47,49)(H,50,56)(H,51,57)/t22-,23-,24+,25+,34-,35-,37?,38-/m0/s1. The number of fused-ring (bicyclic) bond motifs is 6. The fourth-order valence-corrected chi connectivity index (χ4v) is 9.26. The largest absolute Gasteiger partial charge is 0.488 e. The number of carbonyl (C=O) groups is 4. The van der Waals surface area contributed by atoms with Crippen molar-refractivity contribution in [1.29, 1.82) is 0 Å². The number of carbonyl (C=O) groups excluding carboxylic acids is 4. The number of hydrogen-bond donors (Lipinski definition) is 4. The molecule has 4 N–H and O–H groups in total. The second-order valence-electron chi connectivity index (χ2n) is 16.5. The highest BCUT2D eigenvalue weighted by Crippen LogP contribution is 2.44. The van der Waals surface area contributed by atoms with Gasteiger partial charge in [-0.2, -0.15) is 0 Å². The predicted octanol–water partition coefficient (Wildman–Crippen LogP) is 6.29. The van der Waals surface area contributed by atoms with Crippen LogP contribution in [-0.2, 0) is 35.1 Å². The van der Waals surface area contributed by atoms with Gasteiger partial charge in [-0.3, -0.25) is 9.59 Å². The Bertz CT molecular complexity index is 2520. The topological polar surface area (TPSA) is 202 Å². The summed E-state index contributed by atoms with van der Waals surface area (Å²) in [6.07, 6.45) is 2.18. The average Bonchev–Trinajstić information content (AvgIpc) is 4.11. The minimum absolute atomic E-state index is 0.0748. The van der Waals surface area contributed by atoms with Crippen LogP contribution in [0.2, 0.25) is 0 Å². The van der Waals surface area contributed by atoms with Gasteiger partial charge in [-0.15, -0.1) is 0 Å². The molecular formula is C45H54N8O9. The molecule has 5 heterocycles. The number of nitrogens with zero attached hydrogens (tertiary/aromatic N) is 4. The van der Waals surface area contributed by atoms with E-state index in [9.17, 15) is 19.2 Å². The van der Waals surface area contributed by atoms with E-state index in [-0.39, 0.29) is 36.0 Å². The third kappa shape index (κ3) is 7.67. The number of hydrogen-bond acceptors (Lipinski definition) is 11. The van der Waals surface area contributed by atoms with E-state index in [1.54, 1.807) is 29.8 Å². The van der Waals surface area contributed by atoms with Crippen LogP contribution >= 0.6 is 0 Å². The van der Waals surface area contributed by atoms with Crippen molar-refractivity contribution >= 4 is 45.8 Å². The fraction of sp³-hybridized carbons (Fsp3) is 0.467. The summed E-state index contributed by atoms with van der Waals surface area (Å²) in [6.45, 7) is 7.84. The lowest BCUT2D eigenvalue weighted by Crippen LogP contribution is -2.55. The molecular weight excluding hydrogens is 797 g/mol.